The van der Waals surface area contributed by atoms with Gasteiger partial charge in [0, 0.05) is 6.20 Å². The molecule has 0 saturated heterocycles. The Bertz CT molecular complexity index is 774. The highest BCUT2D eigenvalue weighted by molar-refractivity contribution is 5.80. The third-order valence-electron chi connectivity index (χ3n) is 3.30. The summed E-state index contributed by atoms with van der Waals surface area (Å²) in [6, 6.07) is 12.7. The lowest BCUT2D eigenvalue weighted by Gasteiger charge is -2.14. The van der Waals surface area contributed by atoms with Crippen LogP contribution in [0.1, 0.15) is 12.6 Å². The van der Waals surface area contributed by atoms with Crippen molar-refractivity contribution in [1.29, 1.82) is 0 Å². The minimum atomic E-state index is -0.618. The zero-order valence-corrected chi connectivity index (χ0v) is 13.0. The van der Waals surface area contributed by atoms with Crippen LogP contribution in [0.3, 0.4) is 0 Å². The Morgan fingerprint density at radius 1 is 1.25 bits per heavy atom. The second-order valence-electron chi connectivity index (χ2n) is 5.05. The lowest BCUT2D eigenvalue weighted by atomic mass is 10.3. The van der Waals surface area contributed by atoms with Crippen LogP contribution in [-0.4, -0.2) is 37.2 Å². The van der Waals surface area contributed by atoms with Crippen LogP contribution in [-0.2, 0) is 11.3 Å². The van der Waals surface area contributed by atoms with Crippen molar-refractivity contribution in [3.05, 3.63) is 60.7 Å². The zero-order chi connectivity index (χ0) is 16.8. The number of carbonyl (C=O) groups excluding carboxylic acids is 1. The lowest BCUT2D eigenvalue weighted by molar-refractivity contribution is -0.127. The number of tetrazole rings is 1. The number of hydrogen-bond donors (Lipinski definition) is 1. The third-order valence-corrected chi connectivity index (χ3v) is 3.30. The summed E-state index contributed by atoms with van der Waals surface area (Å²) in [6.45, 7) is 2.06. The normalized spacial score (nSPS) is 11.7. The smallest absolute Gasteiger partial charge is 0.261 e. The van der Waals surface area contributed by atoms with Crippen molar-refractivity contribution in [2.24, 2.45) is 0 Å². The van der Waals surface area contributed by atoms with Crippen LogP contribution >= 0.6 is 0 Å². The molecule has 0 radical (unpaired) electrons. The van der Waals surface area contributed by atoms with Crippen molar-refractivity contribution >= 4 is 5.91 Å². The minimum absolute atomic E-state index is 0.204. The summed E-state index contributed by atoms with van der Waals surface area (Å²) in [5.74, 6) is 0.387. The van der Waals surface area contributed by atoms with E-state index in [0.717, 1.165) is 11.4 Å². The van der Waals surface area contributed by atoms with Gasteiger partial charge < -0.3 is 10.1 Å². The molecule has 8 nitrogen and oxygen atoms in total. The van der Waals surface area contributed by atoms with Gasteiger partial charge in [-0.1, -0.05) is 6.07 Å². The molecule has 122 valence electrons. The Morgan fingerprint density at radius 3 is 2.75 bits per heavy atom. The highest BCUT2D eigenvalue weighted by atomic mass is 16.5. The predicted molar refractivity (Wildman–Crippen MR) is 85.3 cm³/mol. The molecule has 0 unspecified atom stereocenters. The molecule has 8 heteroatoms. The Morgan fingerprint density at radius 2 is 2.08 bits per heavy atom. The van der Waals surface area contributed by atoms with Crippen LogP contribution in [0, 0.1) is 0 Å². The molecule has 3 aromatic rings. The Labute approximate surface area is 138 Å². The highest BCUT2D eigenvalue weighted by Gasteiger charge is 2.14. The van der Waals surface area contributed by atoms with Crippen molar-refractivity contribution in [3.8, 4) is 11.4 Å². The molecule has 3 rings (SSSR count). The van der Waals surface area contributed by atoms with Crippen LogP contribution in [0.15, 0.2) is 55.0 Å². The fourth-order valence-corrected chi connectivity index (χ4v) is 2.04. The SMILES string of the molecule is C[C@H](Oc1ccc(-n2cnnn2)cc1)C(=O)NCc1ccccn1. The molecule has 0 saturated carbocycles. The number of pyridine rings is 1. The average molecular weight is 324 g/mol. The number of hydrogen-bond acceptors (Lipinski definition) is 6. The molecule has 0 aliphatic carbocycles. The van der Waals surface area contributed by atoms with Gasteiger partial charge in [-0.3, -0.25) is 9.78 Å². The van der Waals surface area contributed by atoms with Crippen molar-refractivity contribution < 1.29 is 9.53 Å². The van der Waals surface area contributed by atoms with Gasteiger partial charge in [0.15, 0.2) is 6.10 Å². The minimum Gasteiger partial charge on any atom is -0.481 e. The van der Waals surface area contributed by atoms with Gasteiger partial charge in [0.2, 0.25) is 0 Å². The molecular weight excluding hydrogens is 308 g/mol. The molecule has 0 aliphatic heterocycles. The summed E-state index contributed by atoms with van der Waals surface area (Å²) in [5, 5.41) is 13.8. The van der Waals surface area contributed by atoms with Gasteiger partial charge in [-0.25, -0.2) is 4.68 Å². The molecule has 2 heterocycles. The highest BCUT2D eigenvalue weighted by Crippen LogP contribution is 2.15. The van der Waals surface area contributed by atoms with E-state index < -0.39 is 6.10 Å². The molecule has 1 atom stereocenters. The van der Waals surface area contributed by atoms with E-state index in [9.17, 15) is 4.79 Å². The third kappa shape index (κ3) is 3.92. The van der Waals surface area contributed by atoms with E-state index in [-0.39, 0.29) is 5.91 Å². The molecule has 0 bridgehead atoms. The van der Waals surface area contributed by atoms with Gasteiger partial charge in [0.25, 0.3) is 5.91 Å². The summed E-state index contributed by atoms with van der Waals surface area (Å²) < 4.78 is 7.18. The molecule has 0 aliphatic rings. The Kier molecular flexibility index (Phi) is 4.76. The number of ether oxygens (including phenoxy) is 1. The van der Waals surface area contributed by atoms with E-state index in [1.165, 1.54) is 11.0 Å². The number of carbonyl (C=O) groups is 1. The summed E-state index contributed by atoms with van der Waals surface area (Å²) in [5.41, 5.74) is 1.60. The maximum atomic E-state index is 12.1. The summed E-state index contributed by atoms with van der Waals surface area (Å²) in [6.07, 6.45) is 2.57. The van der Waals surface area contributed by atoms with Gasteiger partial charge in [0.05, 0.1) is 17.9 Å². The number of rotatable bonds is 6. The van der Waals surface area contributed by atoms with Crippen molar-refractivity contribution in [2.45, 2.75) is 19.6 Å². The van der Waals surface area contributed by atoms with E-state index in [4.69, 9.17) is 4.74 Å². The number of nitrogens with one attached hydrogen (secondary N) is 1. The standard InChI is InChI=1S/C16H16N6O2/c1-12(16(23)18-10-13-4-2-3-9-17-13)24-15-7-5-14(6-8-15)22-11-19-20-21-22/h2-9,11-12H,10H2,1H3,(H,18,23)/t12-/m0/s1. The van der Waals surface area contributed by atoms with Gasteiger partial charge in [-0.05, 0) is 53.7 Å². The molecule has 1 amide bonds. The molecule has 0 spiro atoms. The fraction of sp³-hybridized carbons (Fsp3) is 0.188. The molecule has 1 N–H and O–H groups in total. The van der Waals surface area contributed by atoms with Crippen molar-refractivity contribution in [1.82, 2.24) is 30.5 Å². The number of nitrogens with zero attached hydrogens (tertiary/aromatic N) is 5. The van der Waals surface area contributed by atoms with Crippen LogP contribution in [0.25, 0.3) is 5.69 Å². The zero-order valence-electron chi connectivity index (χ0n) is 13.0. The molecule has 2 aromatic heterocycles. The van der Waals surface area contributed by atoms with E-state index in [2.05, 4.69) is 25.8 Å². The van der Waals surface area contributed by atoms with Gasteiger partial charge >= 0.3 is 0 Å². The monoisotopic (exact) mass is 324 g/mol. The first-order valence-electron chi connectivity index (χ1n) is 7.40. The Hall–Kier alpha value is -3.29. The second-order valence-corrected chi connectivity index (χ2v) is 5.05. The second kappa shape index (κ2) is 7.32. The predicted octanol–water partition coefficient (Wildman–Crippen LogP) is 1.14. The first kappa shape index (κ1) is 15.6. The molecule has 0 fully saturated rings. The lowest BCUT2D eigenvalue weighted by Crippen LogP contribution is -2.36. The number of aromatic nitrogens is 5. The van der Waals surface area contributed by atoms with E-state index in [1.54, 1.807) is 25.3 Å². The maximum absolute atomic E-state index is 12.1. The Balaban J connectivity index is 1.54. The van der Waals surface area contributed by atoms with Gasteiger partial charge in [0.1, 0.15) is 12.1 Å². The van der Waals surface area contributed by atoms with Gasteiger partial charge in [-0.2, -0.15) is 0 Å². The fourth-order valence-electron chi connectivity index (χ4n) is 2.04. The van der Waals surface area contributed by atoms with Crippen LogP contribution in [0.4, 0.5) is 0 Å². The molecular formula is C16H16N6O2. The number of amides is 1. The van der Waals surface area contributed by atoms with Crippen LogP contribution < -0.4 is 10.1 Å². The van der Waals surface area contributed by atoms with E-state index in [1.807, 2.05) is 30.3 Å². The molecule has 1 aromatic carbocycles. The van der Waals surface area contributed by atoms with Gasteiger partial charge in [-0.15, -0.1) is 5.10 Å². The topological polar surface area (TPSA) is 94.8 Å². The average Bonchev–Trinajstić information content (AvgIpc) is 3.16. The van der Waals surface area contributed by atoms with Crippen LogP contribution in [0.5, 0.6) is 5.75 Å². The first-order chi connectivity index (χ1) is 11.7. The van der Waals surface area contributed by atoms with Crippen molar-refractivity contribution in [2.75, 3.05) is 0 Å². The van der Waals surface area contributed by atoms with E-state index >= 15 is 0 Å². The van der Waals surface area contributed by atoms with Crippen LogP contribution in [0.2, 0.25) is 0 Å². The maximum Gasteiger partial charge on any atom is 0.261 e. The first-order valence-corrected chi connectivity index (χ1v) is 7.40. The largest absolute Gasteiger partial charge is 0.481 e. The number of benzene rings is 1. The molecule has 24 heavy (non-hydrogen) atoms. The van der Waals surface area contributed by atoms with Crippen molar-refractivity contribution in [3.63, 3.8) is 0 Å². The van der Waals surface area contributed by atoms with E-state index in [0.29, 0.717) is 12.3 Å². The summed E-state index contributed by atoms with van der Waals surface area (Å²) >= 11 is 0. The summed E-state index contributed by atoms with van der Waals surface area (Å²) in [7, 11) is 0. The quantitative estimate of drug-likeness (QED) is 0.730. The summed E-state index contributed by atoms with van der Waals surface area (Å²) in [4.78, 5) is 16.2.